The fraction of sp³-hybridized carbons (Fsp3) is 0.121. The second-order valence-corrected chi connectivity index (χ2v) is 11.6. The molecule has 1 unspecified atom stereocenters. The molecule has 1 atom stereocenters. The summed E-state index contributed by atoms with van der Waals surface area (Å²) in [7, 11) is 3.05. The van der Waals surface area contributed by atoms with E-state index < -0.39 is 17.1 Å². The predicted molar refractivity (Wildman–Crippen MR) is 177 cm³/mol. The van der Waals surface area contributed by atoms with Gasteiger partial charge >= 0.3 is 0 Å². The van der Waals surface area contributed by atoms with Crippen LogP contribution in [0.3, 0.4) is 0 Å². The number of carbonyl (C=O) groups excluding carboxylic acids is 3. The summed E-state index contributed by atoms with van der Waals surface area (Å²) in [6.45, 7) is 1.78. The minimum Gasteiger partial charge on any atom is -0.493 e. The Balaban J connectivity index is 1.47. The van der Waals surface area contributed by atoms with Crippen LogP contribution in [0.5, 0.6) is 11.5 Å². The third kappa shape index (κ3) is 8.79. The first-order chi connectivity index (χ1) is 21.2. The van der Waals surface area contributed by atoms with Crippen molar-refractivity contribution in [2.45, 2.75) is 17.1 Å². The molecule has 226 valence electrons. The molecule has 0 fully saturated rings. The number of amides is 3. The highest BCUT2D eigenvalue weighted by Crippen LogP contribution is 2.30. The minimum atomic E-state index is -0.531. The Labute approximate surface area is 269 Å². The second-order valence-electron chi connectivity index (χ2n) is 9.34. The molecule has 0 aliphatic carbocycles. The number of halogens is 2. The molecule has 0 heterocycles. The van der Waals surface area contributed by atoms with Crippen molar-refractivity contribution in [3.8, 4) is 11.5 Å². The van der Waals surface area contributed by atoms with Crippen LogP contribution in [-0.2, 0) is 9.59 Å². The molecule has 4 rings (SSSR count). The largest absolute Gasteiger partial charge is 0.493 e. The highest BCUT2D eigenvalue weighted by molar-refractivity contribution is 8.00. The monoisotopic (exact) mass is 649 g/mol. The van der Waals surface area contributed by atoms with E-state index in [9.17, 15) is 14.4 Å². The maximum atomic E-state index is 13.4. The maximum absolute atomic E-state index is 13.4. The van der Waals surface area contributed by atoms with Gasteiger partial charge in [0.05, 0.1) is 30.2 Å². The third-order valence-corrected chi connectivity index (χ3v) is 7.89. The van der Waals surface area contributed by atoms with Crippen molar-refractivity contribution in [2.24, 2.45) is 0 Å². The summed E-state index contributed by atoms with van der Waals surface area (Å²) < 4.78 is 10.7. The number of methoxy groups -OCH3 is 2. The van der Waals surface area contributed by atoms with E-state index >= 15 is 0 Å². The van der Waals surface area contributed by atoms with Gasteiger partial charge in [-0.05, 0) is 85.3 Å². The molecule has 0 radical (unpaired) electrons. The lowest BCUT2D eigenvalue weighted by molar-refractivity contribution is -0.115. The smallest absolute Gasteiger partial charge is 0.272 e. The number of nitrogens with one attached hydrogen (secondary N) is 3. The van der Waals surface area contributed by atoms with Crippen molar-refractivity contribution in [1.29, 1.82) is 0 Å². The number of benzene rings is 4. The van der Waals surface area contributed by atoms with Crippen LogP contribution in [0.2, 0.25) is 10.0 Å². The number of anilines is 2. The van der Waals surface area contributed by atoms with Gasteiger partial charge in [-0.2, -0.15) is 0 Å². The number of rotatable bonds is 11. The molecule has 0 aromatic heterocycles. The molecule has 4 aromatic carbocycles. The fourth-order valence-corrected chi connectivity index (χ4v) is 5.27. The number of carbonyl (C=O) groups is 3. The van der Waals surface area contributed by atoms with Crippen LogP contribution in [0.1, 0.15) is 22.8 Å². The molecule has 11 heteroatoms. The molecule has 0 saturated heterocycles. The molecule has 3 amide bonds. The summed E-state index contributed by atoms with van der Waals surface area (Å²) in [4.78, 5) is 39.9. The zero-order valence-corrected chi connectivity index (χ0v) is 26.3. The lowest BCUT2D eigenvalue weighted by Crippen LogP contribution is -2.30. The predicted octanol–water partition coefficient (Wildman–Crippen LogP) is 7.54. The average Bonchev–Trinajstić information content (AvgIpc) is 3.03. The Kier molecular flexibility index (Phi) is 11.3. The van der Waals surface area contributed by atoms with E-state index in [0.717, 1.165) is 4.90 Å². The van der Waals surface area contributed by atoms with E-state index in [2.05, 4.69) is 16.0 Å². The molecule has 4 aromatic rings. The van der Waals surface area contributed by atoms with E-state index in [0.29, 0.717) is 44.0 Å². The number of thioether (sulfide) groups is 1. The highest BCUT2D eigenvalue weighted by Gasteiger charge is 2.18. The lowest BCUT2D eigenvalue weighted by atomic mass is 10.1. The molecule has 3 N–H and O–H groups in total. The molecular formula is C33H29Cl2N3O5S. The summed E-state index contributed by atoms with van der Waals surface area (Å²) in [5, 5.41) is 8.74. The van der Waals surface area contributed by atoms with E-state index in [-0.39, 0.29) is 11.6 Å². The van der Waals surface area contributed by atoms with E-state index in [1.54, 1.807) is 104 Å². The van der Waals surface area contributed by atoms with Crippen LogP contribution < -0.4 is 25.4 Å². The Bertz CT molecular complexity index is 1680. The minimum absolute atomic E-state index is 0.0238. The Morgan fingerprint density at radius 1 is 0.818 bits per heavy atom. The van der Waals surface area contributed by atoms with Gasteiger partial charge in [-0.3, -0.25) is 14.4 Å². The zero-order valence-electron chi connectivity index (χ0n) is 24.0. The number of hydrogen-bond acceptors (Lipinski definition) is 6. The molecule has 44 heavy (non-hydrogen) atoms. The summed E-state index contributed by atoms with van der Waals surface area (Å²) in [6, 6.07) is 25.6. The average molecular weight is 651 g/mol. The molecule has 8 nitrogen and oxygen atoms in total. The zero-order chi connectivity index (χ0) is 31.6. The summed E-state index contributed by atoms with van der Waals surface area (Å²) in [5.41, 5.74) is 2.01. The quantitative estimate of drug-likeness (QED) is 0.114. The van der Waals surface area contributed by atoms with Gasteiger partial charge < -0.3 is 25.4 Å². The molecule has 0 bridgehead atoms. The van der Waals surface area contributed by atoms with E-state index in [1.807, 2.05) is 0 Å². The van der Waals surface area contributed by atoms with Gasteiger partial charge in [0.1, 0.15) is 5.70 Å². The van der Waals surface area contributed by atoms with Crippen LogP contribution in [-0.4, -0.2) is 37.2 Å². The van der Waals surface area contributed by atoms with Crippen LogP contribution in [0.4, 0.5) is 11.4 Å². The van der Waals surface area contributed by atoms with Crippen molar-refractivity contribution < 1.29 is 23.9 Å². The summed E-state index contributed by atoms with van der Waals surface area (Å²) >= 11 is 13.4. The second kappa shape index (κ2) is 15.3. The van der Waals surface area contributed by atoms with Crippen molar-refractivity contribution in [3.05, 3.63) is 118 Å². The molecule has 0 aliphatic rings. The van der Waals surface area contributed by atoms with Gasteiger partial charge in [-0.1, -0.05) is 47.5 Å². The van der Waals surface area contributed by atoms with Crippen LogP contribution >= 0.6 is 35.0 Å². The van der Waals surface area contributed by atoms with E-state index in [1.165, 1.54) is 26.0 Å². The fourth-order valence-electron chi connectivity index (χ4n) is 3.95. The van der Waals surface area contributed by atoms with Crippen molar-refractivity contribution in [1.82, 2.24) is 5.32 Å². The molecular weight excluding hydrogens is 621 g/mol. The van der Waals surface area contributed by atoms with Gasteiger partial charge in [0.15, 0.2) is 11.5 Å². The summed E-state index contributed by atoms with van der Waals surface area (Å²) in [6.07, 6.45) is 1.55. The lowest BCUT2D eigenvalue weighted by Gasteiger charge is -2.14. The van der Waals surface area contributed by atoms with Gasteiger partial charge in [-0.25, -0.2) is 0 Å². The first-order valence-corrected chi connectivity index (χ1v) is 14.9. The highest BCUT2D eigenvalue weighted by atomic mass is 35.5. The van der Waals surface area contributed by atoms with Gasteiger partial charge in [-0.15, -0.1) is 11.8 Å². The van der Waals surface area contributed by atoms with Crippen LogP contribution in [0, 0.1) is 0 Å². The van der Waals surface area contributed by atoms with Gasteiger partial charge in [0.25, 0.3) is 11.8 Å². The number of ether oxygens (including phenoxy) is 2. The molecule has 0 aliphatic heterocycles. The van der Waals surface area contributed by atoms with Crippen molar-refractivity contribution >= 4 is 70.1 Å². The SMILES string of the molecule is COc1ccc(/C=C(\NC(=O)c2ccccc2)C(=O)Nc2ccc(SC(C)C(=O)Nc3ccc(Cl)cc3Cl)cc2)cc1OC. The Morgan fingerprint density at radius 2 is 1.52 bits per heavy atom. The standard InChI is InChI=1S/C33H29Cl2N3O5S/c1-20(31(39)37-27-15-10-23(34)19-26(27)35)44-25-13-11-24(12-14-25)36-33(41)28(38-32(40)22-7-5-4-6-8-22)17-21-9-16-29(42-2)30(18-21)43-3/h4-20H,1-3H3,(H,36,41)(H,37,39)(H,38,40)/b28-17-. The van der Waals surface area contributed by atoms with Crippen molar-refractivity contribution in [3.63, 3.8) is 0 Å². The maximum Gasteiger partial charge on any atom is 0.272 e. The van der Waals surface area contributed by atoms with Crippen molar-refractivity contribution in [2.75, 3.05) is 24.9 Å². The topological polar surface area (TPSA) is 106 Å². The Hall–Kier alpha value is -4.44. The third-order valence-electron chi connectivity index (χ3n) is 6.23. The van der Waals surface area contributed by atoms with Crippen LogP contribution in [0.25, 0.3) is 6.08 Å². The van der Waals surface area contributed by atoms with E-state index in [4.69, 9.17) is 32.7 Å². The normalized spacial score (nSPS) is 11.7. The van der Waals surface area contributed by atoms with Gasteiger partial charge in [0.2, 0.25) is 5.91 Å². The molecule has 0 spiro atoms. The Morgan fingerprint density at radius 3 is 2.18 bits per heavy atom. The number of hydrogen-bond donors (Lipinski definition) is 3. The molecule has 0 saturated carbocycles. The first-order valence-electron chi connectivity index (χ1n) is 13.3. The summed E-state index contributed by atoms with van der Waals surface area (Å²) in [5.74, 6) is -0.190. The van der Waals surface area contributed by atoms with Gasteiger partial charge in [0, 0.05) is 21.2 Å². The van der Waals surface area contributed by atoms with Crippen LogP contribution in [0.15, 0.2) is 102 Å². The first kappa shape index (κ1) is 32.5.